The van der Waals surface area contributed by atoms with Gasteiger partial charge in [0, 0.05) is 29.2 Å². The van der Waals surface area contributed by atoms with E-state index >= 15 is 0 Å². The van der Waals surface area contributed by atoms with Crippen LogP contribution in [0.3, 0.4) is 0 Å². The number of rotatable bonds is 10. The van der Waals surface area contributed by atoms with Gasteiger partial charge in [-0.2, -0.15) is 0 Å². The van der Waals surface area contributed by atoms with Crippen molar-refractivity contribution >= 4 is 34.2 Å². The Morgan fingerprint density at radius 3 is 2.53 bits per heavy atom. The summed E-state index contributed by atoms with van der Waals surface area (Å²) in [5.41, 5.74) is 0.922. The number of hydrogen-bond donors (Lipinski definition) is 1. The van der Waals surface area contributed by atoms with Crippen LogP contribution in [-0.4, -0.2) is 57.5 Å². The Kier molecular flexibility index (Phi) is 8.03. The molecule has 0 aliphatic carbocycles. The fourth-order valence-corrected chi connectivity index (χ4v) is 4.56. The molecule has 34 heavy (non-hydrogen) atoms. The van der Waals surface area contributed by atoms with E-state index in [2.05, 4.69) is 10.3 Å². The van der Waals surface area contributed by atoms with Crippen molar-refractivity contribution in [1.82, 2.24) is 9.88 Å². The van der Waals surface area contributed by atoms with E-state index in [-0.39, 0.29) is 46.7 Å². The molecule has 1 aliphatic rings. The van der Waals surface area contributed by atoms with Crippen LogP contribution in [0.25, 0.3) is 0 Å². The summed E-state index contributed by atoms with van der Waals surface area (Å²) in [6.45, 7) is 5.97. The highest BCUT2D eigenvalue weighted by atomic mass is 32.2. The number of amides is 3. The minimum Gasteiger partial charge on any atom is -0.491 e. The maximum Gasteiger partial charge on any atom is 0.264 e. The fraction of sp³-hybridized carbons (Fsp3) is 0.417. The third-order valence-electron chi connectivity index (χ3n) is 5.21. The molecule has 3 rings (SSSR count). The number of benzene rings is 1. The highest BCUT2D eigenvalue weighted by Gasteiger charge is 2.43. The van der Waals surface area contributed by atoms with Gasteiger partial charge in [-0.3, -0.25) is 23.5 Å². The highest BCUT2D eigenvalue weighted by Crippen LogP contribution is 2.36. The molecule has 2 heterocycles. The van der Waals surface area contributed by atoms with Gasteiger partial charge in [0.1, 0.15) is 0 Å². The summed E-state index contributed by atoms with van der Waals surface area (Å²) >= 11 is 0. The first-order valence-corrected chi connectivity index (χ1v) is 12.7. The van der Waals surface area contributed by atoms with Crippen LogP contribution in [0.2, 0.25) is 0 Å². The quantitative estimate of drug-likeness (QED) is 0.512. The number of carbonyl (C=O) groups excluding carboxylic acids is 3. The van der Waals surface area contributed by atoms with Crippen molar-refractivity contribution in [1.29, 1.82) is 0 Å². The van der Waals surface area contributed by atoms with E-state index in [0.29, 0.717) is 18.1 Å². The Balaban J connectivity index is 2.03. The summed E-state index contributed by atoms with van der Waals surface area (Å²) in [4.78, 5) is 44.8. The molecule has 0 radical (unpaired) electrons. The highest BCUT2D eigenvalue weighted by molar-refractivity contribution is 7.84. The van der Waals surface area contributed by atoms with Crippen LogP contribution in [0.4, 0.5) is 5.69 Å². The molecule has 9 nitrogen and oxygen atoms in total. The monoisotopic (exact) mass is 487 g/mol. The van der Waals surface area contributed by atoms with Gasteiger partial charge in [-0.05, 0) is 37.1 Å². The number of anilines is 1. The first-order chi connectivity index (χ1) is 16.2. The van der Waals surface area contributed by atoms with Gasteiger partial charge in [-0.15, -0.1) is 0 Å². The van der Waals surface area contributed by atoms with Gasteiger partial charge in [0.15, 0.2) is 5.75 Å². The molecule has 2 atom stereocenters. The largest absolute Gasteiger partial charge is 0.491 e. The molecule has 0 saturated heterocycles. The number of ether oxygens (including phenoxy) is 2. The third-order valence-corrected chi connectivity index (χ3v) is 5.99. The minimum absolute atomic E-state index is 0.00853. The Bertz CT molecular complexity index is 1130. The maximum atomic E-state index is 13.5. The molecule has 3 amide bonds. The zero-order valence-corrected chi connectivity index (χ0v) is 20.7. The van der Waals surface area contributed by atoms with Crippen molar-refractivity contribution in [3.05, 3.63) is 47.2 Å². The summed E-state index contributed by atoms with van der Waals surface area (Å²) < 4.78 is 23.1. The zero-order chi connectivity index (χ0) is 25.0. The molecule has 0 saturated carbocycles. The van der Waals surface area contributed by atoms with E-state index in [1.54, 1.807) is 37.3 Å². The summed E-state index contributed by atoms with van der Waals surface area (Å²) in [7, 11) is 0.129. The lowest BCUT2D eigenvalue weighted by molar-refractivity contribution is -0.116. The van der Waals surface area contributed by atoms with Gasteiger partial charge < -0.3 is 14.8 Å². The van der Waals surface area contributed by atoms with E-state index in [4.69, 9.17) is 9.47 Å². The molecule has 0 bridgehead atoms. The van der Waals surface area contributed by atoms with Crippen LogP contribution in [0.1, 0.15) is 59.6 Å². The van der Waals surface area contributed by atoms with E-state index in [1.807, 2.05) is 13.8 Å². The fourth-order valence-electron chi connectivity index (χ4n) is 3.80. The Morgan fingerprint density at radius 1 is 1.18 bits per heavy atom. The molecular weight excluding hydrogens is 458 g/mol. The second-order valence-electron chi connectivity index (χ2n) is 8.29. The number of methoxy groups -OCH3 is 1. The Morgan fingerprint density at radius 2 is 1.91 bits per heavy atom. The van der Waals surface area contributed by atoms with Crippen molar-refractivity contribution in [2.45, 2.75) is 33.2 Å². The molecular formula is C24H29N3O6S. The molecule has 0 fully saturated rings. The first-order valence-electron chi connectivity index (χ1n) is 11.0. The summed E-state index contributed by atoms with van der Waals surface area (Å²) in [5.74, 6) is -0.614. The van der Waals surface area contributed by atoms with Crippen molar-refractivity contribution in [2.75, 3.05) is 31.0 Å². The van der Waals surface area contributed by atoms with Crippen molar-refractivity contribution in [3.8, 4) is 11.6 Å². The van der Waals surface area contributed by atoms with Gasteiger partial charge in [-0.25, -0.2) is 4.98 Å². The van der Waals surface area contributed by atoms with Crippen LogP contribution >= 0.6 is 0 Å². The molecule has 1 N–H and O–H groups in total. The van der Waals surface area contributed by atoms with Crippen molar-refractivity contribution < 1.29 is 28.1 Å². The number of aromatic nitrogens is 1. The van der Waals surface area contributed by atoms with Crippen molar-refractivity contribution in [3.63, 3.8) is 0 Å². The summed E-state index contributed by atoms with van der Waals surface area (Å²) in [6.07, 6.45) is 1.78. The second-order valence-corrected chi connectivity index (χ2v) is 9.77. The smallest absolute Gasteiger partial charge is 0.264 e. The molecule has 182 valence electrons. The van der Waals surface area contributed by atoms with Crippen molar-refractivity contribution in [2.24, 2.45) is 5.92 Å². The average Bonchev–Trinajstić information content (AvgIpc) is 3.02. The van der Waals surface area contributed by atoms with E-state index in [9.17, 15) is 18.6 Å². The topological polar surface area (TPSA) is 115 Å². The minimum atomic E-state index is -1.35. The van der Waals surface area contributed by atoms with Crippen LogP contribution in [0, 0.1) is 5.92 Å². The number of nitrogens with zero attached hydrogens (tertiary/aromatic N) is 2. The van der Waals surface area contributed by atoms with Crippen LogP contribution in [0.15, 0.2) is 30.3 Å². The van der Waals surface area contributed by atoms with Crippen LogP contribution < -0.4 is 14.8 Å². The number of imide groups is 1. The summed E-state index contributed by atoms with van der Waals surface area (Å²) in [6, 6.07) is 7.10. The lowest BCUT2D eigenvalue weighted by Gasteiger charge is -2.25. The van der Waals surface area contributed by atoms with Crippen LogP contribution in [-0.2, 0) is 15.6 Å². The normalized spacial score (nSPS) is 14.7. The third kappa shape index (κ3) is 5.27. The number of hydrogen-bond acceptors (Lipinski definition) is 7. The number of nitrogens with one attached hydrogen (secondary N) is 1. The SMILES string of the molecule is CCOc1nc(C(CS(C)=O)N2C(=O)c3cccc(NC(=O)CC(C)C)c3C2=O)ccc1OC. The van der Waals surface area contributed by atoms with Gasteiger partial charge in [0.05, 0.1) is 42.3 Å². The molecule has 1 aliphatic heterocycles. The van der Waals surface area contributed by atoms with Gasteiger partial charge in [0.2, 0.25) is 5.91 Å². The second kappa shape index (κ2) is 10.8. The summed E-state index contributed by atoms with van der Waals surface area (Å²) in [5, 5.41) is 2.75. The molecule has 2 unspecified atom stereocenters. The van der Waals surface area contributed by atoms with Gasteiger partial charge >= 0.3 is 0 Å². The predicted molar refractivity (Wildman–Crippen MR) is 129 cm³/mol. The lowest BCUT2D eigenvalue weighted by atomic mass is 10.1. The van der Waals surface area contributed by atoms with Gasteiger partial charge in [-0.1, -0.05) is 19.9 Å². The average molecular weight is 488 g/mol. The molecule has 0 spiro atoms. The molecule has 1 aromatic heterocycles. The number of fused-ring (bicyclic) bond motifs is 1. The van der Waals surface area contributed by atoms with Gasteiger partial charge in [0.25, 0.3) is 17.7 Å². The predicted octanol–water partition coefficient (Wildman–Crippen LogP) is 3.19. The first kappa shape index (κ1) is 25.4. The van der Waals surface area contributed by atoms with E-state index in [1.165, 1.54) is 13.4 Å². The Hall–Kier alpha value is -3.27. The lowest BCUT2D eigenvalue weighted by Crippen LogP contribution is -2.37. The number of pyridine rings is 1. The zero-order valence-electron chi connectivity index (χ0n) is 19.9. The molecule has 1 aromatic carbocycles. The number of carbonyl (C=O) groups is 3. The maximum absolute atomic E-state index is 13.5. The van der Waals surface area contributed by atoms with E-state index in [0.717, 1.165) is 4.90 Å². The standard InChI is InChI=1S/C24H29N3O6S/c1-6-33-22-19(32-4)11-10-16(26-22)18(13-34(5)31)27-23(29)15-8-7-9-17(21(15)24(27)30)25-20(28)12-14(2)3/h7-11,14,18H,6,12-13H2,1-5H3,(H,25,28). The van der Waals surface area contributed by atoms with E-state index < -0.39 is 28.7 Å². The Labute approximate surface area is 201 Å². The molecule has 2 aromatic rings. The van der Waals surface area contributed by atoms with Crippen LogP contribution in [0.5, 0.6) is 11.6 Å². The molecule has 10 heteroatoms.